The Morgan fingerprint density at radius 3 is 2.82 bits per heavy atom. The van der Waals surface area contributed by atoms with Crippen LogP contribution in [-0.2, 0) is 4.74 Å². The van der Waals surface area contributed by atoms with E-state index in [-0.39, 0.29) is 0 Å². The zero-order chi connectivity index (χ0) is 11.7. The van der Waals surface area contributed by atoms with Gasteiger partial charge in [0.05, 0.1) is 11.2 Å². The normalized spacial score (nSPS) is 17.5. The van der Waals surface area contributed by atoms with E-state index in [0.29, 0.717) is 5.92 Å². The van der Waals surface area contributed by atoms with Gasteiger partial charge in [-0.3, -0.25) is 0 Å². The van der Waals surface area contributed by atoms with E-state index < -0.39 is 0 Å². The van der Waals surface area contributed by atoms with Crippen LogP contribution in [0, 0.1) is 0 Å². The van der Waals surface area contributed by atoms with Gasteiger partial charge in [-0.2, -0.15) is 0 Å². The summed E-state index contributed by atoms with van der Waals surface area (Å²) < 4.78 is 6.48. The van der Waals surface area contributed by atoms with Crippen molar-refractivity contribution in [1.82, 2.24) is 9.97 Å². The molecule has 4 heteroatoms. The van der Waals surface area contributed by atoms with Gasteiger partial charge in [-0.05, 0) is 31.0 Å². The van der Waals surface area contributed by atoms with Crippen molar-refractivity contribution in [2.45, 2.75) is 18.8 Å². The summed E-state index contributed by atoms with van der Waals surface area (Å²) in [4.78, 5) is 8.80. The van der Waals surface area contributed by atoms with Crippen molar-refractivity contribution in [3.05, 3.63) is 34.7 Å². The summed E-state index contributed by atoms with van der Waals surface area (Å²) in [7, 11) is 0. The highest BCUT2D eigenvalue weighted by molar-refractivity contribution is 9.10. The lowest BCUT2D eigenvalue weighted by molar-refractivity contribution is 0.0848. The lowest BCUT2D eigenvalue weighted by atomic mass is 9.93. The quantitative estimate of drug-likeness (QED) is 0.809. The molecule has 0 saturated carbocycles. The van der Waals surface area contributed by atoms with Crippen LogP contribution in [-0.4, -0.2) is 23.2 Å². The lowest BCUT2D eigenvalue weighted by Crippen LogP contribution is -2.15. The summed E-state index contributed by atoms with van der Waals surface area (Å²) in [5.74, 6) is 0.503. The molecule has 3 nitrogen and oxygen atoms in total. The minimum atomic E-state index is 0.503. The molecule has 0 aliphatic carbocycles. The molecular weight excluding hydrogens is 280 g/mol. The van der Waals surface area contributed by atoms with Gasteiger partial charge in [0, 0.05) is 29.0 Å². The van der Waals surface area contributed by atoms with E-state index in [1.54, 1.807) is 6.33 Å². The molecule has 0 spiro atoms. The van der Waals surface area contributed by atoms with E-state index in [1.807, 2.05) is 12.1 Å². The van der Waals surface area contributed by atoms with Crippen molar-refractivity contribution in [2.75, 3.05) is 13.2 Å². The molecule has 1 aliphatic heterocycles. The predicted octanol–water partition coefficient (Wildman–Crippen LogP) is 3.29. The van der Waals surface area contributed by atoms with Crippen LogP contribution in [0.5, 0.6) is 0 Å². The van der Waals surface area contributed by atoms with Gasteiger partial charge in [0.25, 0.3) is 0 Å². The highest BCUT2D eigenvalue weighted by Crippen LogP contribution is 2.31. The van der Waals surface area contributed by atoms with Gasteiger partial charge in [-0.1, -0.05) is 15.9 Å². The Kier molecular flexibility index (Phi) is 3.07. The molecule has 3 rings (SSSR count). The largest absolute Gasteiger partial charge is 0.381 e. The molecule has 1 aliphatic rings. The summed E-state index contributed by atoms with van der Waals surface area (Å²) in [6.45, 7) is 1.67. The number of benzene rings is 1. The molecule has 0 bridgehead atoms. The van der Waals surface area contributed by atoms with Crippen LogP contribution in [0.1, 0.15) is 24.5 Å². The molecule has 88 valence electrons. The standard InChI is InChI=1S/C13H13BrN2O/c14-10-1-2-12-11(7-10)13(16-8-15-12)9-3-5-17-6-4-9/h1-2,7-9H,3-6H2. The van der Waals surface area contributed by atoms with E-state index in [2.05, 4.69) is 32.0 Å². The fourth-order valence-electron chi connectivity index (χ4n) is 2.35. The van der Waals surface area contributed by atoms with Crippen molar-refractivity contribution in [2.24, 2.45) is 0 Å². The average Bonchev–Trinajstić information content (AvgIpc) is 2.39. The summed E-state index contributed by atoms with van der Waals surface area (Å²) in [5.41, 5.74) is 2.18. The molecule has 2 aromatic rings. The van der Waals surface area contributed by atoms with E-state index in [0.717, 1.165) is 41.4 Å². The van der Waals surface area contributed by atoms with Crippen LogP contribution < -0.4 is 0 Å². The molecule has 1 aromatic heterocycles. The predicted molar refractivity (Wildman–Crippen MR) is 70.0 cm³/mol. The third-order valence-electron chi connectivity index (χ3n) is 3.24. The van der Waals surface area contributed by atoms with Gasteiger partial charge in [-0.15, -0.1) is 0 Å². The van der Waals surface area contributed by atoms with Crippen LogP contribution in [0.3, 0.4) is 0 Å². The third-order valence-corrected chi connectivity index (χ3v) is 3.73. The maximum Gasteiger partial charge on any atom is 0.116 e. The minimum absolute atomic E-state index is 0.503. The maximum absolute atomic E-state index is 5.40. The van der Waals surface area contributed by atoms with Crippen LogP contribution >= 0.6 is 15.9 Å². The van der Waals surface area contributed by atoms with Crippen molar-refractivity contribution in [3.8, 4) is 0 Å². The molecule has 0 amide bonds. The number of fused-ring (bicyclic) bond motifs is 1. The third kappa shape index (κ3) is 2.19. The van der Waals surface area contributed by atoms with Crippen molar-refractivity contribution >= 4 is 26.8 Å². The average molecular weight is 293 g/mol. The monoisotopic (exact) mass is 292 g/mol. The highest BCUT2D eigenvalue weighted by Gasteiger charge is 2.19. The first-order chi connectivity index (χ1) is 8.34. The van der Waals surface area contributed by atoms with Crippen molar-refractivity contribution in [3.63, 3.8) is 0 Å². The summed E-state index contributed by atoms with van der Waals surface area (Å²) >= 11 is 3.51. The molecular formula is C13H13BrN2O. The first-order valence-corrected chi connectivity index (χ1v) is 6.62. The number of nitrogens with zero attached hydrogens (tertiary/aromatic N) is 2. The smallest absolute Gasteiger partial charge is 0.116 e. The number of halogens is 1. The minimum Gasteiger partial charge on any atom is -0.381 e. The summed E-state index contributed by atoms with van der Waals surface area (Å²) in [6, 6.07) is 6.16. The van der Waals surface area contributed by atoms with Crippen molar-refractivity contribution in [1.29, 1.82) is 0 Å². The topological polar surface area (TPSA) is 35.0 Å². The van der Waals surface area contributed by atoms with Gasteiger partial charge in [-0.25, -0.2) is 9.97 Å². The first kappa shape index (κ1) is 11.1. The second kappa shape index (κ2) is 4.70. The zero-order valence-electron chi connectivity index (χ0n) is 9.40. The molecule has 17 heavy (non-hydrogen) atoms. The second-order valence-electron chi connectivity index (χ2n) is 4.31. The number of hydrogen-bond acceptors (Lipinski definition) is 3. The van der Waals surface area contributed by atoms with Gasteiger partial charge in [0.2, 0.25) is 0 Å². The molecule has 0 radical (unpaired) electrons. The van der Waals surface area contributed by atoms with Gasteiger partial charge >= 0.3 is 0 Å². The molecule has 1 aromatic carbocycles. The molecule has 0 unspecified atom stereocenters. The Bertz CT molecular complexity index is 538. The Morgan fingerprint density at radius 2 is 2.00 bits per heavy atom. The fourth-order valence-corrected chi connectivity index (χ4v) is 2.71. The Balaban J connectivity index is 2.11. The summed E-state index contributed by atoms with van der Waals surface area (Å²) in [5, 5.41) is 1.16. The van der Waals surface area contributed by atoms with Crippen LogP contribution in [0.25, 0.3) is 10.9 Å². The Labute approximate surface area is 108 Å². The number of hydrogen-bond donors (Lipinski definition) is 0. The molecule has 2 heterocycles. The van der Waals surface area contributed by atoms with Gasteiger partial charge in [0.15, 0.2) is 0 Å². The highest BCUT2D eigenvalue weighted by atomic mass is 79.9. The van der Waals surface area contributed by atoms with Gasteiger partial charge < -0.3 is 4.74 Å². The summed E-state index contributed by atoms with van der Waals surface area (Å²) in [6.07, 6.45) is 3.78. The lowest BCUT2D eigenvalue weighted by Gasteiger charge is -2.22. The molecule has 0 N–H and O–H groups in total. The molecule has 0 atom stereocenters. The number of ether oxygens (including phenoxy) is 1. The van der Waals surface area contributed by atoms with Crippen LogP contribution in [0.2, 0.25) is 0 Å². The van der Waals surface area contributed by atoms with E-state index in [9.17, 15) is 0 Å². The first-order valence-electron chi connectivity index (χ1n) is 5.82. The van der Waals surface area contributed by atoms with E-state index >= 15 is 0 Å². The maximum atomic E-state index is 5.40. The number of rotatable bonds is 1. The van der Waals surface area contributed by atoms with Crippen LogP contribution in [0.4, 0.5) is 0 Å². The van der Waals surface area contributed by atoms with Gasteiger partial charge in [0.1, 0.15) is 6.33 Å². The molecule has 1 fully saturated rings. The van der Waals surface area contributed by atoms with Crippen molar-refractivity contribution < 1.29 is 4.74 Å². The zero-order valence-corrected chi connectivity index (χ0v) is 11.0. The van der Waals surface area contributed by atoms with Crippen LogP contribution in [0.15, 0.2) is 29.0 Å². The van der Waals surface area contributed by atoms with E-state index in [4.69, 9.17) is 4.74 Å². The van der Waals surface area contributed by atoms with E-state index in [1.165, 1.54) is 5.69 Å². The second-order valence-corrected chi connectivity index (χ2v) is 5.22. The SMILES string of the molecule is Brc1ccc2ncnc(C3CCOCC3)c2c1. The Morgan fingerprint density at radius 1 is 1.18 bits per heavy atom. The number of aromatic nitrogens is 2. The molecule has 1 saturated heterocycles. The Hall–Kier alpha value is -1.00. The fraction of sp³-hybridized carbons (Fsp3) is 0.385.